The van der Waals surface area contributed by atoms with E-state index >= 15 is 0 Å². The van der Waals surface area contributed by atoms with Crippen LogP contribution in [0, 0.1) is 16.6 Å². The second-order valence-corrected chi connectivity index (χ2v) is 8.28. The number of benzene rings is 1. The zero-order valence-electron chi connectivity index (χ0n) is 13.2. The fraction of sp³-hybridized carbons (Fsp3) is 0.588. The number of hydrogen-bond acceptors (Lipinski definition) is 1. The number of amides is 2. The number of nitrogens with one attached hydrogen (secondary N) is 1. The Morgan fingerprint density at radius 2 is 2.09 bits per heavy atom. The molecule has 2 amide bonds. The van der Waals surface area contributed by atoms with Crippen LogP contribution >= 0.6 is 11.6 Å². The van der Waals surface area contributed by atoms with Crippen molar-refractivity contribution in [2.75, 3.05) is 11.9 Å². The predicted molar refractivity (Wildman–Crippen MR) is 86.7 cm³/mol. The van der Waals surface area contributed by atoms with Gasteiger partial charge in [0.1, 0.15) is 5.82 Å². The van der Waals surface area contributed by atoms with Crippen molar-refractivity contribution in [1.29, 1.82) is 0 Å². The summed E-state index contributed by atoms with van der Waals surface area (Å²) in [6.45, 7) is 7.47. The third-order valence-electron chi connectivity index (χ3n) is 4.87. The molecule has 2 fully saturated rings. The third-order valence-corrected chi connectivity index (χ3v) is 5.19. The summed E-state index contributed by atoms with van der Waals surface area (Å²) in [5, 5.41) is 2.88. The maximum absolute atomic E-state index is 13.8. The SMILES string of the molecule is CC1(C)CC2CC(C)(CN2C(=O)Nc2c(F)cccc2Cl)C1. The van der Waals surface area contributed by atoms with Crippen molar-refractivity contribution in [3.05, 3.63) is 29.0 Å². The molecule has 2 atom stereocenters. The van der Waals surface area contributed by atoms with E-state index in [0.29, 0.717) is 0 Å². The number of carbonyl (C=O) groups is 1. The number of nitrogens with zero attached hydrogens (tertiary/aromatic N) is 1. The molecule has 0 aromatic heterocycles. The molecule has 1 aliphatic carbocycles. The van der Waals surface area contributed by atoms with Gasteiger partial charge in [0.15, 0.2) is 0 Å². The van der Waals surface area contributed by atoms with Gasteiger partial charge < -0.3 is 10.2 Å². The molecule has 1 aromatic carbocycles. The van der Waals surface area contributed by atoms with Crippen molar-refractivity contribution in [1.82, 2.24) is 4.90 Å². The van der Waals surface area contributed by atoms with E-state index in [1.165, 1.54) is 12.1 Å². The number of carbonyl (C=O) groups excluding carboxylic acids is 1. The predicted octanol–water partition coefficient (Wildman–Crippen LogP) is 4.91. The van der Waals surface area contributed by atoms with Crippen LogP contribution in [0.4, 0.5) is 14.9 Å². The van der Waals surface area contributed by atoms with Gasteiger partial charge in [-0.2, -0.15) is 0 Å². The zero-order chi connectivity index (χ0) is 16.1. The summed E-state index contributed by atoms with van der Waals surface area (Å²) in [4.78, 5) is 14.5. The minimum atomic E-state index is -0.505. The highest BCUT2D eigenvalue weighted by Gasteiger charge is 2.51. The van der Waals surface area contributed by atoms with Crippen LogP contribution in [0.2, 0.25) is 5.02 Å². The highest BCUT2D eigenvalue weighted by molar-refractivity contribution is 6.33. The smallest absolute Gasteiger partial charge is 0.321 e. The first-order valence-corrected chi connectivity index (χ1v) is 8.09. The van der Waals surface area contributed by atoms with Crippen LogP contribution in [0.5, 0.6) is 0 Å². The maximum atomic E-state index is 13.8. The van der Waals surface area contributed by atoms with E-state index in [1.54, 1.807) is 6.07 Å². The molecule has 2 bridgehead atoms. The molecule has 0 radical (unpaired) electrons. The molecule has 1 aliphatic heterocycles. The molecular formula is C17H22ClFN2O. The summed E-state index contributed by atoms with van der Waals surface area (Å²) in [6, 6.07) is 4.37. The Morgan fingerprint density at radius 3 is 2.77 bits per heavy atom. The van der Waals surface area contributed by atoms with Crippen molar-refractivity contribution in [2.24, 2.45) is 10.8 Å². The third kappa shape index (κ3) is 2.81. The standard InChI is InChI=1S/C17H22ClFN2O/c1-16(2)7-11-8-17(3,9-16)10-21(11)15(22)20-14-12(18)5-4-6-13(14)19/h4-6,11H,7-10H2,1-3H3,(H,20,22). The topological polar surface area (TPSA) is 32.3 Å². The highest BCUT2D eigenvalue weighted by Crippen LogP contribution is 2.52. The quantitative estimate of drug-likeness (QED) is 0.782. The first kappa shape index (κ1) is 15.6. The number of rotatable bonds is 1. The van der Waals surface area contributed by atoms with Crippen LogP contribution < -0.4 is 5.32 Å². The minimum Gasteiger partial charge on any atom is -0.321 e. The largest absolute Gasteiger partial charge is 0.322 e. The summed E-state index contributed by atoms with van der Waals surface area (Å²) >= 11 is 5.99. The van der Waals surface area contributed by atoms with Gasteiger partial charge in [0, 0.05) is 12.6 Å². The summed E-state index contributed by atoms with van der Waals surface area (Å²) in [6.07, 6.45) is 3.12. The summed E-state index contributed by atoms with van der Waals surface area (Å²) in [5.74, 6) is -0.505. The monoisotopic (exact) mass is 324 g/mol. The second kappa shape index (κ2) is 5.12. The number of anilines is 1. The molecule has 2 aliphatic rings. The summed E-state index contributed by atoms with van der Waals surface area (Å²) in [5.41, 5.74) is 0.463. The lowest BCUT2D eigenvalue weighted by Crippen LogP contribution is -2.40. The molecule has 1 saturated carbocycles. The van der Waals surface area contributed by atoms with Crippen LogP contribution in [0.3, 0.4) is 0 Å². The van der Waals surface area contributed by atoms with E-state index in [2.05, 4.69) is 26.1 Å². The molecule has 3 nitrogen and oxygen atoms in total. The van der Waals surface area contributed by atoms with Gasteiger partial charge in [-0.25, -0.2) is 9.18 Å². The normalized spacial score (nSPS) is 29.5. The number of para-hydroxylation sites is 1. The number of hydrogen-bond donors (Lipinski definition) is 1. The highest BCUT2D eigenvalue weighted by atomic mass is 35.5. The van der Waals surface area contributed by atoms with Crippen molar-refractivity contribution in [3.63, 3.8) is 0 Å². The van der Waals surface area contributed by atoms with Gasteiger partial charge in [0.25, 0.3) is 0 Å². The van der Waals surface area contributed by atoms with Crippen LogP contribution in [0.25, 0.3) is 0 Å². The number of fused-ring (bicyclic) bond motifs is 2. The average molecular weight is 325 g/mol. The number of likely N-dealkylation sites (tertiary alicyclic amines) is 1. The van der Waals surface area contributed by atoms with Crippen LogP contribution in [-0.4, -0.2) is 23.5 Å². The maximum Gasteiger partial charge on any atom is 0.322 e. The Morgan fingerprint density at radius 1 is 1.36 bits per heavy atom. The fourth-order valence-electron chi connectivity index (χ4n) is 4.49. The molecule has 1 heterocycles. The van der Waals surface area contributed by atoms with Gasteiger partial charge in [-0.05, 0) is 42.2 Å². The van der Waals surface area contributed by atoms with Crippen LogP contribution in [0.15, 0.2) is 18.2 Å². The van der Waals surface area contributed by atoms with Crippen molar-refractivity contribution < 1.29 is 9.18 Å². The molecular weight excluding hydrogens is 303 g/mol. The summed E-state index contributed by atoms with van der Waals surface area (Å²) in [7, 11) is 0. The molecule has 3 rings (SSSR count). The lowest BCUT2D eigenvalue weighted by Gasteiger charge is -2.39. The van der Waals surface area contributed by atoms with Gasteiger partial charge in [-0.3, -0.25) is 0 Å². The molecule has 5 heteroatoms. The Balaban J connectivity index is 1.79. The second-order valence-electron chi connectivity index (χ2n) is 7.87. The molecule has 1 aromatic rings. The first-order valence-electron chi connectivity index (χ1n) is 7.71. The fourth-order valence-corrected chi connectivity index (χ4v) is 4.70. The van der Waals surface area contributed by atoms with Gasteiger partial charge in [0.2, 0.25) is 0 Å². The minimum absolute atomic E-state index is 0.0695. The average Bonchev–Trinajstić information content (AvgIpc) is 2.63. The van der Waals surface area contributed by atoms with E-state index in [4.69, 9.17) is 11.6 Å². The van der Waals surface area contributed by atoms with Gasteiger partial charge >= 0.3 is 6.03 Å². The van der Waals surface area contributed by atoms with E-state index in [-0.39, 0.29) is 33.6 Å². The Hall–Kier alpha value is -1.29. The Labute approximate surface area is 135 Å². The number of halogens is 2. The van der Waals surface area contributed by atoms with Crippen LogP contribution in [-0.2, 0) is 0 Å². The molecule has 120 valence electrons. The van der Waals surface area contributed by atoms with Crippen molar-refractivity contribution in [2.45, 2.75) is 46.1 Å². The number of urea groups is 1. The van der Waals surface area contributed by atoms with Crippen molar-refractivity contribution in [3.8, 4) is 0 Å². The molecule has 1 N–H and O–H groups in total. The van der Waals surface area contributed by atoms with E-state index in [0.717, 1.165) is 25.8 Å². The van der Waals surface area contributed by atoms with E-state index in [1.807, 2.05) is 4.90 Å². The van der Waals surface area contributed by atoms with Gasteiger partial charge in [-0.15, -0.1) is 0 Å². The van der Waals surface area contributed by atoms with E-state index in [9.17, 15) is 9.18 Å². The van der Waals surface area contributed by atoms with E-state index < -0.39 is 5.82 Å². The Bertz CT molecular complexity index is 598. The first-order chi connectivity index (χ1) is 10.2. The van der Waals surface area contributed by atoms with Gasteiger partial charge in [0.05, 0.1) is 10.7 Å². The molecule has 22 heavy (non-hydrogen) atoms. The van der Waals surface area contributed by atoms with Crippen molar-refractivity contribution >= 4 is 23.3 Å². The zero-order valence-corrected chi connectivity index (χ0v) is 14.0. The molecule has 1 saturated heterocycles. The lowest BCUT2D eigenvalue weighted by atomic mass is 9.65. The molecule has 2 unspecified atom stereocenters. The Kier molecular flexibility index (Phi) is 3.63. The molecule has 0 spiro atoms. The lowest BCUT2D eigenvalue weighted by molar-refractivity contribution is 0.130. The van der Waals surface area contributed by atoms with Gasteiger partial charge in [-0.1, -0.05) is 38.4 Å². The van der Waals surface area contributed by atoms with Crippen LogP contribution in [0.1, 0.15) is 40.0 Å². The summed E-state index contributed by atoms with van der Waals surface area (Å²) < 4.78 is 13.8.